The van der Waals surface area contributed by atoms with Gasteiger partial charge >= 0.3 is 0 Å². The molecule has 68 valence electrons. The van der Waals surface area contributed by atoms with E-state index in [0.717, 1.165) is 18.4 Å². The summed E-state index contributed by atoms with van der Waals surface area (Å²) < 4.78 is 0. The molecule has 0 saturated carbocycles. The normalized spacial score (nSPS) is 12.1. The van der Waals surface area contributed by atoms with E-state index >= 15 is 0 Å². The lowest BCUT2D eigenvalue weighted by Gasteiger charge is -2.04. The monoisotopic (exact) mass is 174 g/mol. The van der Waals surface area contributed by atoms with Crippen LogP contribution in [0.3, 0.4) is 0 Å². The van der Waals surface area contributed by atoms with Crippen molar-refractivity contribution < 1.29 is 0 Å². The van der Waals surface area contributed by atoms with Crippen molar-refractivity contribution in [2.75, 3.05) is 0 Å². The first-order valence-electron chi connectivity index (χ1n) is 4.47. The molecule has 0 spiro atoms. The van der Waals surface area contributed by atoms with Gasteiger partial charge in [-0.05, 0) is 37.5 Å². The number of nitriles is 1. The molecule has 0 aliphatic carbocycles. The third-order valence-corrected chi connectivity index (χ3v) is 1.94. The lowest BCUT2D eigenvalue weighted by atomic mass is 10.0. The maximum atomic E-state index is 8.66. The summed E-state index contributed by atoms with van der Waals surface area (Å²) in [6, 6.07) is 10.0. The highest BCUT2D eigenvalue weighted by Gasteiger charge is 1.97. The predicted octanol–water partition coefficient (Wildman–Crippen LogP) is 1.84. The second kappa shape index (κ2) is 4.64. The Balaban J connectivity index is 2.63. The van der Waals surface area contributed by atoms with Crippen LogP contribution in [0.5, 0.6) is 0 Å². The van der Waals surface area contributed by atoms with Gasteiger partial charge in [0.2, 0.25) is 0 Å². The van der Waals surface area contributed by atoms with Crippen LogP contribution in [0.15, 0.2) is 24.3 Å². The second-order valence-electron chi connectivity index (χ2n) is 3.33. The Kier molecular flexibility index (Phi) is 3.48. The van der Waals surface area contributed by atoms with Gasteiger partial charge in [0.15, 0.2) is 0 Å². The van der Waals surface area contributed by atoms with Crippen molar-refractivity contribution in [1.29, 1.82) is 5.26 Å². The molecule has 0 bridgehead atoms. The van der Waals surface area contributed by atoms with Gasteiger partial charge in [-0.1, -0.05) is 12.1 Å². The van der Waals surface area contributed by atoms with Crippen LogP contribution in [0.4, 0.5) is 0 Å². The Bertz CT molecular complexity index is 310. The topological polar surface area (TPSA) is 49.8 Å². The Morgan fingerprint density at radius 3 is 2.92 bits per heavy atom. The first-order valence-corrected chi connectivity index (χ1v) is 4.47. The summed E-state index contributed by atoms with van der Waals surface area (Å²) in [4.78, 5) is 0. The van der Waals surface area contributed by atoms with Gasteiger partial charge in [0.05, 0.1) is 11.6 Å². The lowest BCUT2D eigenvalue weighted by molar-refractivity contribution is 0.666. The number of benzene rings is 1. The SMILES string of the molecule is C[C@H](N)CCc1cccc(C#N)c1. The third-order valence-electron chi connectivity index (χ3n) is 1.94. The maximum absolute atomic E-state index is 8.66. The summed E-state index contributed by atoms with van der Waals surface area (Å²) in [7, 11) is 0. The summed E-state index contributed by atoms with van der Waals surface area (Å²) in [6.45, 7) is 1.99. The Hall–Kier alpha value is -1.33. The molecule has 0 radical (unpaired) electrons. The fourth-order valence-corrected chi connectivity index (χ4v) is 1.19. The zero-order chi connectivity index (χ0) is 9.68. The molecule has 0 amide bonds. The zero-order valence-corrected chi connectivity index (χ0v) is 7.83. The van der Waals surface area contributed by atoms with E-state index in [1.165, 1.54) is 5.56 Å². The molecule has 1 aromatic rings. The van der Waals surface area contributed by atoms with E-state index in [4.69, 9.17) is 11.0 Å². The highest BCUT2D eigenvalue weighted by Crippen LogP contribution is 2.07. The summed E-state index contributed by atoms with van der Waals surface area (Å²) >= 11 is 0. The quantitative estimate of drug-likeness (QED) is 0.760. The van der Waals surface area contributed by atoms with Crippen molar-refractivity contribution in [3.8, 4) is 6.07 Å². The molecule has 0 aliphatic rings. The zero-order valence-electron chi connectivity index (χ0n) is 7.83. The van der Waals surface area contributed by atoms with Crippen LogP contribution >= 0.6 is 0 Å². The first-order chi connectivity index (χ1) is 6.22. The Morgan fingerprint density at radius 1 is 1.54 bits per heavy atom. The third kappa shape index (κ3) is 3.27. The van der Waals surface area contributed by atoms with E-state index in [0.29, 0.717) is 0 Å². The van der Waals surface area contributed by atoms with Crippen molar-refractivity contribution in [2.45, 2.75) is 25.8 Å². The molecule has 1 rings (SSSR count). The van der Waals surface area contributed by atoms with Gasteiger partial charge in [0.25, 0.3) is 0 Å². The fraction of sp³-hybridized carbons (Fsp3) is 0.364. The molecule has 0 heterocycles. The first kappa shape index (κ1) is 9.76. The van der Waals surface area contributed by atoms with E-state index in [2.05, 4.69) is 6.07 Å². The van der Waals surface area contributed by atoms with Gasteiger partial charge in [-0.15, -0.1) is 0 Å². The van der Waals surface area contributed by atoms with E-state index in [1.54, 1.807) is 0 Å². The molecule has 1 aromatic carbocycles. The molecular formula is C11H14N2. The van der Waals surface area contributed by atoms with E-state index in [-0.39, 0.29) is 6.04 Å². The minimum Gasteiger partial charge on any atom is -0.328 e. The van der Waals surface area contributed by atoms with Crippen LogP contribution in [0.25, 0.3) is 0 Å². The van der Waals surface area contributed by atoms with Crippen LogP contribution in [-0.2, 0) is 6.42 Å². The summed E-state index contributed by atoms with van der Waals surface area (Å²) in [5, 5.41) is 8.66. The number of rotatable bonds is 3. The smallest absolute Gasteiger partial charge is 0.0991 e. The average Bonchev–Trinajstić information content (AvgIpc) is 2.15. The summed E-state index contributed by atoms with van der Waals surface area (Å²) in [6.07, 6.45) is 1.92. The van der Waals surface area contributed by atoms with Gasteiger partial charge in [-0.3, -0.25) is 0 Å². The van der Waals surface area contributed by atoms with E-state index in [1.807, 2.05) is 31.2 Å². The number of nitrogens with two attached hydrogens (primary N) is 1. The van der Waals surface area contributed by atoms with E-state index in [9.17, 15) is 0 Å². The van der Waals surface area contributed by atoms with Crippen LogP contribution in [0.2, 0.25) is 0 Å². The molecule has 0 saturated heterocycles. The van der Waals surface area contributed by atoms with Gasteiger partial charge in [-0.25, -0.2) is 0 Å². The lowest BCUT2D eigenvalue weighted by Crippen LogP contribution is -2.15. The minimum atomic E-state index is 0.228. The molecule has 2 N–H and O–H groups in total. The Labute approximate surface area is 79.0 Å². The van der Waals surface area contributed by atoms with Gasteiger partial charge in [-0.2, -0.15) is 5.26 Å². The van der Waals surface area contributed by atoms with Gasteiger partial charge < -0.3 is 5.73 Å². The number of nitrogens with zero attached hydrogens (tertiary/aromatic N) is 1. The van der Waals surface area contributed by atoms with Crippen molar-refractivity contribution >= 4 is 0 Å². The van der Waals surface area contributed by atoms with Crippen molar-refractivity contribution in [3.05, 3.63) is 35.4 Å². The molecular weight excluding hydrogens is 160 g/mol. The standard InChI is InChI=1S/C11H14N2/c1-9(13)5-6-10-3-2-4-11(7-10)8-12/h2-4,7,9H,5-6,13H2,1H3/t9-/m0/s1. The number of hydrogen-bond acceptors (Lipinski definition) is 2. The average molecular weight is 174 g/mol. The molecule has 1 atom stereocenters. The van der Waals surface area contributed by atoms with Crippen molar-refractivity contribution in [2.24, 2.45) is 5.73 Å². The maximum Gasteiger partial charge on any atom is 0.0991 e. The van der Waals surface area contributed by atoms with E-state index < -0.39 is 0 Å². The van der Waals surface area contributed by atoms with Gasteiger partial charge in [0, 0.05) is 6.04 Å². The largest absolute Gasteiger partial charge is 0.328 e. The van der Waals surface area contributed by atoms with Crippen LogP contribution < -0.4 is 5.73 Å². The molecule has 2 nitrogen and oxygen atoms in total. The second-order valence-corrected chi connectivity index (χ2v) is 3.33. The van der Waals surface area contributed by atoms with Crippen LogP contribution in [-0.4, -0.2) is 6.04 Å². The van der Waals surface area contributed by atoms with Crippen molar-refractivity contribution in [1.82, 2.24) is 0 Å². The highest BCUT2D eigenvalue weighted by atomic mass is 14.6. The molecule has 2 heteroatoms. The number of aryl methyl sites for hydroxylation is 1. The Morgan fingerprint density at radius 2 is 2.31 bits per heavy atom. The van der Waals surface area contributed by atoms with Gasteiger partial charge in [0.1, 0.15) is 0 Å². The molecule has 0 aliphatic heterocycles. The minimum absolute atomic E-state index is 0.228. The summed E-state index contributed by atoms with van der Waals surface area (Å²) in [5.41, 5.74) is 7.56. The number of hydrogen-bond donors (Lipinski definition) is 1. The fourth-order valence-electron chi connectivity index (χ4n) is 1.19. The molecule has 13 heavy (non-hydrogen) atoms. The molecule has 0 fully saturated rings. The van der Waals surface area contributed by atoms with Crippen LogP contribution in [0.1, 0.15) is 24.5 Å². The molecule has 0 unspecified atom stereocenters. The predicted molar refractivity (Wildman–Crippen MR) is 53.1 cm³/mol. The summed E-state index contributed by atoms with van der Waals surface area (Å²) in [5.74, 6) is 0. The van der Waals surface area contributed by atoms with Crippen molar-refractivity contribution in [3.63, 3.8) is 0 Å². The molecule has 0 aromatic heterocycles. The van der Waals surface area contributed by atoms with Crippen LogP contribution in [0, 0.1) is 11.3 Å². The highest BCUT2D eigenvalue weighted by molar-refractivity contribution is 5.32.